The number of rotatable bonds is 3. The van der Waals surface area contributed by atoms with Gasteiger partial charge in [-0.05, 0) is 42.0 Å². The minimum Gasteiger partial charge on any atom is -0.508 e. The van der Waals surface area contributed by atoms with Crippen LogP contribution in [-0.2, 0) is 11.2 Å². The number of carbonyl (C=O) groups is 1. The maximum absolute atomic E-state index is 11.8. The maximum Gasteiger partial charge on any atom is 0.228 e. The fourth-order valence-electron chi connectivity index (χ4n) is 1.58. The molecule has 0 aromatic heterocycles. The molecule has 0 saturated heterocycles. The second-order valence-corrected chi connectivity index (χ2v) is 4.82. The van der Waals surface area contributed by atoms with Crippen molar-refractivity contribution in [3.05, 3.63) is 58.6 Å². The van der Waals surface area contributed by atoms with Gasteiger partial charge in [-0.25, -0.2) is 0 Å². The monoisotopic (exact) mass is 305 g/mol. The van der Waals surface area contributed by atoms with E-state index in [2.05, 4.69) is 21.2 Å². The first-order valence-electron chi connectivity index (χ1n) is 5.47. The molecular weight excluding hydrogens is 294 g/mol. The van der Waals surface area contributed by atoms with Crippen molar-refractivity contribution < 1.29 is 9.90 Å². The number of nitrogens with one attached hydrogen (secondary N) is 1. The predicted molar refractivity (Wildman–Crippen MR) is 74.6 cm³/mol. The quantitative estimate of drug-likeness (QED) is 0.855. The summed E-state index contributed by atoms with van der Waals surface area (Å²) in [4.78, 5) is 11.8. The summed E-state index contributed by atoms with van der Waals surface area (Å²) in [7, 11) is 0. The zero-order valence-corrected chi connectivity index (χ0v) is 11.1. The van der Waals surface area contributed by atoms with Crippen molar-refractivity contribution in [2.24, 2.45) is 0 Å². The third-order valence-corrected chi connectivity index (χ3v) is 2.90. The number of benzene rings is 2. The molecule has 0 heterocycles. The Morgan fingerprint density at radius 1 is 1.17 bits per heavy atom. The zero-order valence-electron chi connectivity index (χ0n) is 9.56. The second kappa shape index (κ2) is 5.69. The van der Waals surface area contributed by atoms with Crippen LogP contribution in [0.3, 0.4) is 0 Å². The fraction of sp³-hybridized carbons (Fsp3) is 0.0714. The zero-order chi connectivity index (χ0) is 13.0. The molecule has 2 rings (SSSR count). The minimum absolute atomic E-state index is 0.0845. The highest BCUT2D eigenvalue weighted by atomic mass is 79.9. The average molecular weight is 306 g/mol. The molecule has 2 aromatic carbocycles. The van der Waals surface area contributed by atoms with Crippen LogP contribution in [0.5, 0.6) is 5.75 Å². The van der Waals surface area contributed by atoms with Gasteiger partial charge in [0.2, 0.25) is 5.91 Å². The van der Waals surface area contributed by atoms with Crippen molar-refractivity contribution in [3.8, 4) is 5.75 Å². The van der Waals surface area contributed by atoms with Gasteiger partial charge in [0.1, 0.15) is 5.75 Å². The number of anilines is 1. The second-order valence-electron chi connectivity index (χ2n) is 3.90. The van der Waals surface area contributed by atoms with E-state index in [1.54, 1.807) is 12.1 Å². The Bertz CT molecular complexity index is 552. The van der Waals surface area contributed by atoms with Gasteiger partial charge in [0.05, 0.1) is 6.42 Å². The van der Waals surface area contributed by atoms with Crippen LogP contribution < -0.4 is 5.32 Å². The highest BCUT2D eigenvalue weighted by Gasteiger charge is 2.04. The average Bonchev–Trinajstić information content (AvgIpc) is 2.32. The van der Waals surface area contributed by atoms with Crippen LogP contribution in [0.2, 0.25) is 0 Å². The van der Waals surface area contributed by atoms with Gasteiger partial charge in [0, 0.05) is 10.2 Å². The molecule has 3 nitrogen and oxygen atoms in total. The maximum atomic E-state index is 11.8. The van der Waals surface area contributed by atoms with E-state index in [0.29, 0.717) is 12.1 Å². The Morgan fingerprint density at radius 2 is 1.89 bits per heavy atom. The van der Waals surface area contributed by atoms with Crippen LogP contribution in [0, 0.1) is 0 Å². The minimum atomic E-state index is -0.0845. The van der Waals surface area contributed by atoms with Crippen molar-refractivity contribution in [2.45, 2.75) is 6.42 Å². The normalized spacial score (nSPS) is 10.1. The molecule has 0 atom stereocenters. The van der Waals surface area contributed by atoms with Crippen LogP contribution in [0.4, 0.5) is 5.69 Å². The number of hydrogen-bond acceptors (Lipinski definition) is 2. The van der Waals surface area contributed by atoms with Crippen molar-refractivity contribution in [1.29, 1.82) is 0 Å². The summed E-state index contributed by atoms with van der Waals surface area (Å²) in [5.41, 5.74) is 1.62. The molecule has 0 radical (unpaired) electrons. The summed E-state index contributed by atoms with van der Waals surface area (Å²) < 4.78 is 0.956. The molecule has 4 heteroatoms. The lowest BCUT2D eigenvalue weighted by molar-refractivity contribution is -0.115. The Balaban J connectivity index is 1.98. The lowest BCUT2D eigenvalue weighted by Crippen LogP contribution is -2.14. The largest absolute Gasteiger partial charge is 0.508 e. The molecule has 0 bridgehead atoms. The first kappa shape index (κ1) is 12.6. The van der Waals surface area contributed by atoms with Crippen molar-refractivity contribution >= 4 is 27.5 Å². The van der Waals surface area contributed by atoms with Gasteiger partial charge in [0.15, 0.2) is 0 Å². The third-order valence-electron chi connectivity index (χ3n) is 2.40. The van der Waals surface area contributed by atoms with Gasteiger partial charge in [-0.15, -0.1) is 0 Å². The van der Waals surface area contributed by atoms with Crippen molar-refractivity contribution in [2.75, 3.05) is 5.32 Å². The van der Waals surface area contributed by atoms with Gasteiger partial charge in [-0.1, -0.05) is 28.1 Å². The van der Waals surface area contributed by atoms with Crippen LogP contribution in [0.25, 0.3) is 0 Å². The summed E-state index contributed by atoms with van der Waals surface area (Å²) in [5.74, 6) is 0.0961. The standard InChI is InChI=1S/C14H12BrNO2/c15-11-3-1-2-10(8-11)9-14(18)16-12-4-6-13(17)7-5-12/h1-8,17H,9H2,(H,16,18). The molecule has 0 saturated carbocycles. The topological polar surface area (TPSA) is 49.3 Å². The Hall–Kier alpha value is -1.81. The molecular formula is C14H12BrNO2. The van der Waals surface area contributed by atoms with Crippen LogP contribution in [0.1, 0.15) is 5.56 Å². The fourth-order valence-corrected chi connectivity index (χ4v) is 2.03. The molecule has 0 unspecified atom stereocenters. The van der Waals surface area contributed by atoms with Crippen molar-refractivity contribution in [1.82, 2.24) is 0 Å². The summed E-state index contributed by atoms with van der Waals surface area (Å²) in [6.07, 6.45) is 0.320. The first-order valence-corrected chi connectivity index (χ1v) is 6.26. The number of halogens is 1. The molecule has 0 spiro atoms. The first-order chi connectivity index (χ1) is 8.63. The lowest BCUT2D eigenvalue weighted by atomic mass is 10.1. The number of amides is 1. The lowest BCUT2D eigenvalue weighted by Gasteiger charge is -2.05. The van der Waals surface area contributed by atoms with Crippen LogP contribution >= 0.6 is 15.9 Å². The molecule has 92 valence electrons. The molecule has 0 aliphatic heterocycles. The van der Waals surface area contributed by atoms with Gasteiger partial charge >= 0.3 is 0 Å². The summed E-state index contributed by atoms with van der Waals surface area (Å²) in [6, 6.07) is 14.0. The van der Waals surface area contributed by atoms with E-state index >= 15 is 0 Å². The molecule has 1 amide bonds. The summed E-state index contributed by atoms with van der Waals surface area (Å²) in [5, 5.41) is 11.9. The van der Waals surface area contributed by atoms with E-state index in [0.717, 1.165) is 10.0 Å². The van der Waals surface area contributed by atoms with Gasteiger partial charge in [-0.2, -0.15) is 0 Å². The van der Waals surface area contributed by atoms with Crippen molar-refractivity contribution in [3.63, 3.8) is 0 Å². The summed E-state index contributed by atoms with van der Waals surface area (Å²) >= 11 is 3.37. The van der Waals surface area contributed by atoms with E-state index < -0.39 is 0 Å². The number of phenols is 1. The van der Waals surface area contributed by atoms with Crippen LogP contribution in [-0.4, -0.2) is 11.0 Å². The molecule has 0 fully saturated rings. The number of aromatic hydroxyl groups is 1. The van der Waals surface area contributed by atoms with Crippen LogP contribution in [0.15, 0.2) is 53.0 Å². The smallest absolute Gasteiger partial charge is 0.228 e. The number of phenolic OH excluding ortho intramolecular Hbond substituents is 1. The van der Waals surface area contributed by atoms with Gasteiger partial charge in [-0.3, -0.25) is 4.79 Å². The molecule has 0 aliphatic carbocycles. The highest BCUT2D eigenvalue weighted by Crippen LogP contribution is 2.15. The van der Waals surface area contributed by atoms with E-state index in [4.69, 9.17) is 5.11 Å². The Kier molecular flexibility index (Phi) is 3.99. The third kappa shape index (κ3) is 3.60. The van der Waals surface area contributed by atoms with E-state index in [1.807, 2.05) is 24.3 Å². The number of carbonyl (C=O) groups excluding carboxylic acids is 1. The van der Waals surface area contributed by atoms with E-state index in [-0.39, 0.29) is 11.7 Å². The van der Waals surface area contributed by atoms with Gasteiger partial charge in [0.25, 0.3) is 0 Å². The summed E-state index contributed by atoms with van der Waals surface area (Å²) in [6.45, 7) is 0. The highest BCUT2D eigenvalue weighted by molar-refractivity contribution is 9.10. The molecule has 2 aromatic rings. The Morgan fingerprint density at radius 3 is 2.56 bits per heavy atom. The van der Waals surface area contributed by atoms with E-state index in [9.17, 15) is 4.79 Å². The predicted octanol–water partition coefficient (Wildman–Crippen LogP) is 3.34. The van der Waals surface area contributed by atoms with E-state index in [1.165, 1.54) is 12.1 Å². The SMILES string of the molecule is O=C(Cc1cccc(Br)c1)Nc1ccc(O)cc1. The molecule has 18 heavy (non-hydrogen) atoms. The molecule has 0 aliphatic rings. The Labute approximate surface area is 114 Å². The molecule has 2 N–H and O–H groups in total. The number of hydrogen-bond donors (Lipinski definition) is 2. The van der Waals surface area contributed by atoms with Gasteiger partial charge < -0.3 is 10.4 Å².